The molecule has 2 aromatic rings. The molecule has 6 nitrogen and oxygen atoms in total. The van der Waals surface area contributed by atoms with Gasteiger partial charge in [-0.3, -0.25) is 4.79 Å². The number of aromatic nitrogens is 2. The second-order valence-electron chi connectivity index (χ2n) is 4.32. The highest BCUT2D eigenvalue weighted by Crippen LogP contribution is 2.28. The van der Waals surface area contributed by atoms with Crippen molar-refractivity contribution < 1.29 is 14.2 Å². The van der Waals surface area contributed by atoms with Gasteiger partial charge < -0.3 is 19.2 Å². The Morgan fingerprint density at radius 3 is 2.33 bits per heavy atom. The van der Waals surface area contributed by atoms with Crippen molar-refractivity contribution in [2.24, 2.45) is 0 Å². The highest BCUT2D eigenvalue weighted by Gasteiger charge is 2.08. The van der Waals surface area contributed by atoms with Gasteiger partial charge in [0.2, 0.25) is 0 Å². The SMILES string of the molecule is CCOCc1nc(-c2cc(OC)cc(OC)c2)cc(=O)[nH]1. The smallest absolute Gasteiger partial charge is 0.251 e. The Kier molecular flexibility index (Phi) is 4.94. The highest BCUT2D eigenvalue weighted by atomic mass is 16.5. The van der Waals surface area contributed by atoms with Crippen LogP contribution < -0.4 is 15.0 Å². The summed E-state index contributed by atoms with van der Waals surface area (Å²) in [7, 11) is 3.15. The van der Waals surface area contributed by atoms with E-state index in [1.807, 2.05) is 6.92 Å². The highest BCUT2D eigenvalue weighted by molar-refractivity contribution is 5.63. The van der Waals surface area contributed by atoms with Gasteiger partial charge in [0.1, 0.15) is 23.9 Å². The molecular weight excluding hydrogens is 272 g/mol. The Bertz CT molecular complexity index is 645. The van der Waals surface area contributed by atoms with Gasteiger partial charge >= 0.3 is 0 Å². The minimum atomic E-state index is -0.225. The molecule has 1 N–H and O–H groups in total. The van der Waals surface area contributed by atoms with Crippen LogP contribution in [0.3, 0.4) is 0 Å². The maximum Gasteiger partial charge on any atom is 0.251 e. The van der Waals surface area contributed by atoms with Crippen LogP contribution in [0.15, 0.2) is 29.1 Å². The molecule has 1 aromatic carbocycles. The second-order valence-corrected chi connectivity index (χ2v) is 4.32. The molecule has 0 saturated carbocycles. The van der Waals surface area contributed by atoms with Gasteiger partial charge in [0.05, 0.1) is 19.9 Å². The molecule has 1 heterocycles. The average Bonchev–Trinajstić information content (AvgIpc) is 2.51. The Morgan fingerprint density at radius 1 is 1.10 bits per heavy atom. The molecule has 0 saturated heterocycles. The van der Waals surface area contributed by atoms with E-state index in [-0.39, 0.29) is 12.2 Å². The Morgan fingerprint density at radius 2 is 1.76 bits per heavy atom. The van der Waals surface area contributed by atoms with Gasteiger partial charge in [-0.05, 0) is 19.1 Å². The zero-order chi connectivity index (χ0) is 15.2. The third kappa shape index (κ3) is 3.82. The maximum absolute atomic E-state index is 11.7. The summed E-state index contributed by atoms with van der Waals surface area (Å²) in [5.41, 5.74) is 1.07. The van der Waals surface area contributed by atoms with Gasteiger partial charge in [0, 0.05) is 24.3 Å². The summed E-state index contributed by atoms with van der Waals surface area (Å²) in [5.74, 6) is 1.76. The van der Waals surface area contributed by atoms with Gasteiger partial charge in [-0.1, -0.05) is 0 Å². The van der Waals surface area contributed by atoms with Crippen LogP contribution in [0, 0.1) is 0 Å². The molecule has 0 fully saturated rings. The minimum absolute atomic E-state index is 0.225. The van der Waals surface area contributed by atoms with E-state index in [2.05, 4.69) is 9.97 Å². The first kappa shape index (κ1) is 15.1. The molecule has 0 bridgehead atoms. The maximum atomic E-state index is 11.7. The quantitative estimate of drug-likeness (QED) is 0.880. The lowest BCUT2D eigenvalue weighted by Gasteiger charge is -2.09. The van der Waals surface area contributed by atoms with Crippen LogP contribution in [0.2, 0.25) is 0 Å². The summed E-state index contributed by atoms with van der Waals surface area (Å²) in [6.07, 6.45) is 0. The number of ether oxygens (including phenoxy) is 3. The fraction of sp³-hybridized carbons (Fsp3) is 0.333. The summed E-state index contributed by atoms with van der Waals surface area (Å²) in [5, 5.41) is 0. The topological polar surface area (TPSA) is 73.4 Å². The fourth-order valence-electron chi connectivity index (χ4n) is 1.88. The van der Waals surface area contributed by atoms with Gasteiger partial charge in [-0.15, -0.1) is 0 Å². The average molecular weight is 290 g/mol. The first-order chi connectivity index (χ1) is 10.2. The van der Waals surface area contributed by atoms with Crippen LogP contribution in [-0.2, 0) is 11.3 Å². The third-order valence-electron chi connectivity index (χ3n) is 2.88. The van der Waals surface area contributed by atoms with Crippen LogP contribution in [0.25, 0.3) is 11.3 Å². The van der Waals surface area contributed by atoms with E-state index in [0.717, 1.165) is 5.56 Å². The predicted octanol–water partition coefficient (Wildman–Crippen LogP) is 1.99. The number of nitrogens with zero attached hydrogens (tertiary/aromatic N) is 1. The van der Waals surface area contributed by atoms with E-state index >= 15 is 0 Å². The number of nitrogens with one attached hydrogen (secondary N) is 1. The molecule has 0 aliphatic heterocycles. The molecule has 1 aromatic heterocycles. The zero-order valence-corrected chi connectivity index (χ0v) is 12.3. The monoisotopic (exact) mass is 290 g/mol. The second kappa shape index (κ2) is 6.90. The fourth-order valence-corrected chi connectivity index (χ4v) is 1.88. The minimum Gasteiger partial charge on any atom is -0.497 e. The van der Waals surface area contributed by atoms with Crippen molar-refractivity contribution in [2.75, 3.05) is 20.8 Å². The van der Waals surface area contributed by atoms with Crippen molar-refractivity contribution in [3.8, 4) is 22.8 Å². The van der Waals surface area contributed by atoms with E-state index in [4.69, 9.17) is 14.2 Å². The van der Waals surface area contributed by atoms with Crippen molar-refractivity contribution >= 4 is 0 Å². The lowest BCUT2D eigenvalue weighted by Crippen LogP contribution is -2.12. The lowest BCUT2D eigenvalue weighted by molar-refractivity contribution is 0.128. The number of benzene rings is 1. The summed E-state index contributed by atoms with van der Waals surface area (Å²) < 4.78 is 15.7. The molecule has 0 spiro atoms. The van der Waals surface area contributed by atoms with Crippen LogP contribution in [0.5, 0.6) is 11.5 Å². The Balaban J connectivity index is 2.45. The molecule has 6 heteroatoms. The Hall–Kier alpha value is -2.34. The molecule has 0 radical (unpaired) electrons. The molecule has 0 amide bonds. The molecule has 0 aliphatic carbocycles. The van der Waals surface area contributed by atoms with Crippen LogP contribution in [0.4, 0.5) is 0 Å². The van der Waals surface area contributed by atoms with Crippen molar-refractivity contribution in [3.05, 3.63) is 40.4 Å². The summed E-state index contributed by atoms with van der Waals surface area (Å²) in [6, 6.07) is 6.80. The van der Waals surface area contributed by atoms with Crippen molar-refractivity contribution in [1.82, 2.24) is 9.97 Å². The molecule has 0 aliphatic rings. The molecule has 21 heavy (non-hydrogen) atoms. The number of hydrogen-bond donors (Lipinski definition) is 1. The van der Waals surface area contributed by atoms with E-state index in [1.165, 1.54) is 6.07 Å². The lowest BCUT2D eigenvalue weighted by atomic mass is 10.1. The van der Waals surface area contributed by atoms with Gasteiger partial charge in [-0.2, -0.15) is 0 Å². The van der Waals surface area contributed by atoms with Crippen LogP contribution in [0.1, 0.15) is 12.7 Å². The van der Waals surface area contributed by atoms with Crippen LogP contribution >= 0.6 is 0 Å². The normalized spacial score (nSPS) is 10.4. The van der Waals surface area contributed by atoms with E-state index in [1.54, 1.807) is 32.4 Å². The van der Waals surface area contributed by atoms with Crippen LogP contribution in [-0.4, -0.2) is 30.8 Å². The van der Waals surface area contributed by atoms with E-state index in [9.17, 15) is 4.79 Å². The molecule has 112 valence electrons. The first-order valence-electron chi connectivity index (χ1n) is 6.57. The summed E-state index contributed by atoms with van der Waals surface area (Å²) >= 11 is 0. The van der Waals surface area contributed by atoms with Crippen molar-refractivity contribution in [2.45, 2.75) is 13.5 Å². The predicted molar refractivity (Wildman–Crippen MR) is 78.7 cm³/mol. The number of rotatable bonds is 6. The number of aromatic amines is 1. The summed E-state index contributed by atoms with van der Waals surface area (Å²) in [4.78, 5) is 18.8. The standard InChI is InChI=1S/C15H18N2O4/c1-4-21-9-14-16-13(8-15(18)17-14)10-5-11(19-2)7-12(6-10)20-3/h5-8H,4,9H2,1-3H3,(H,16,17,18). The van der Waals surface area contributed by atoms with Gasteiger partial charge in [0.15, 0.2) is 0 Å². The van der Waals surface area contributed by atoms with Gasteiger partial charge in [-0.25, -0.2) is 4.98 Å². The summed E-state index contributed by atoms with van der Waals surface area (Å²) in [6.45, 7) is 2.70. The third-order valence-corrected chi connectivity index (χ3v) is 2.88. The largest absolute Gasteiger partial charge is 0.497 e. The molecule has 0 unspecified atom stereocenters. The zero-order valence-electron chi connectivity index (χ0n) is 12.3. The first-order valence-corrected chi connectivity index (χ1v) is 6.57. The molecule has 2 rings (SSSR count). The van der Waals surface area contributed by atoms with E-state index < -0.39 is 0 Å². The number of methoxy groups -OCH3 is 2. The molecular formula is C15H18N2O4. The van der Waals surface area contributed by atoms with Crippen molar-refractivity contribution in [1.29, 1.82) is 0 Å². The van der Waals surface area contributed by atoms with Crippen molar-refractivity contribution in [3.63, 3.8) is 0 Å². The van der Waals surface area contributed by atoms with E-state index in [0.29, 0.717) is 29.6 Å². The van der Waals surface area contributed by atoms with Gasteiger partial charge in [0.25, 0.3) is 5.56 Å². The number of H-pyrrole nitrogens is 1. The molecule has 0 atom stereocenters. The number of hydrogen-bond acceptors (Lipinski definition) is 5. The Labute approximate surface area is 122 Å².